The molecule has 0 fully saturated rings. The Hall–Kier alpha value is -1.84. The molecule has 3 aromatic rings. The average Bonchev–Trinajstić information content (AvgIpc) is 2.80. The summed E-state index contributed by atoms with van der Waals surface area (Å²) < 4.78 is 2.21. The average molecular weight is 268 g/mol. The van der Waals surface area contributed by atoms with Crippen LogP contribution < -0.4 is 5.32 Å². The van der Waals surface area contributed by atoms with Gasteiger partial charge in [0.2, 0.25) is 0 Å². The minimum Gasteiger partial charge on any atom is -0.390 e. The molecule has 0 aliphatic carbocycles. The maximum atomic E-state index is 10.2. The van der Waals surface area contributed by atoms with Gasteiger partial charge in [-0.15, -0.1) is 0 Å². The molecule has 20 heavy (non-hydrogen) atoms. The number of likely N-dealkylation sites (N-methyl/N-ethyl adjacent to an activating group) is 1. The Morgan fingerprint density at radius 1 is 1.00 bits per heavy atom. The first kappa shape index (κ1) is 13.2. The fraction of sp³-hybridized carbons (Fsp3) is 0.294. The minimum atomic E-state index is -0.380. The molecular weight excluding hydrogens is 248 g/mol. The zero-order chi connectivity index (χ0) is 13.9. The third-order valence-electron chi connectivity index (χ3n) is 3.70. The van der Waals surface area contributed by atoms with Gasteiger partial charge in [0.15, 0.2) is 0 Å². The molecule has 1 heterocycles. The van der Waals surface area contributed by atoms with E-state index in [2.05, 4.69) is 46.3 Å². The lowest BCUT2D eigenvalue weighted by atomic mass is 10.2. The Morgan fingerprint density at radius 2 is 1.55 bits per heavy atom. The summed E-state index contributed by atoms with van der Waals surface area (Å²) in [5.74, 6) is 0. The van der Waals surface area contributed by atoms with Crippen molar-refractivity contribution < 1.29 is 5.11 Å². The van der Waals surface area contributed by atoms with E-state index in [1.54, 1.807) is 0 Å². The molecule has 1 unspecified atom stereocenters. The van der Waals surface area contributed by atoms with Crippen molar-refractivity contribution in [3.63, 3.8) is 0 Å². The van der Waals surface area contributed by atoms with Gasteiger partial charge in [-0.3, -0.25) is 0 Å². The van der Waals surface area contributed by atoms with E-state index in [-0.39, 0.29) is 6.10 Å². The highest BCUT2D eigenvalue weighted by Gasteiger charge is 2.12. The molecule has 0 bridgehead atoms. The van der Waals surface area contributed by atoms with Crippen LogP contribution in [0.25, 0.3) is 21.8 Å². The summed E-state index contributed by atoms with van der Waals surface area (Å²) >= 11 is 0. The standard InChI is InChI=1S/C17H20N2O/c1-2-18-11-13(20)12-19-16-9-5-3-7-14(16)15-8-4-6-10-17(15)19/h3-10,13,18,20H,2,11-12H2,1H3. The highest BCUT2D eigenvalue weighted by atomic mass is 16.3. The van der Waals surface area contributed by atoms with E-state index in [9.17, 15) is 5.11 Å². The summed E-state index contributed by atoms with van der Waals surface area (Å²) in [6.07, 6.45) is -0.380. The van der Waals surface area contributed by atoms with Gasteiger partial charge in [0.05, 0.1) is 12.6 Å². The fourth-order valence-corrected chi connectivity index (χ4v) is 2.79. The van der Waals surface area contributed by atoms with Crippen LogP contribution in [0.3, 0.4) is 0 Å². The van der Waals surface area contributed by atoms with Crippen molar-refractivity contribution in [1.29, 1.82) is 0 Å². The van der Waals surface area contributed by atoms with Crippen LogP contribution in [-0.2, 0) is 6.54 Å². The molecule has 0 saturated heterocycles. The van der Waals surface area contributed by atoms with Gasteiger partial charge >= 0.3 is 0 Å². The summed E-state index contributed by atoms with van der Waals surface area (Å²) in [7, 11) is 0. The van der Waals surface area contributed by atoms with Crippen LogP contribution in [0.4, 0.5) is 0 Å². The molecule has 2 N–H and O–H groups in total. The van der Waals surface area contributed by atoms with E-state index in [0.29, 0.717) is 13.1 Å². The summed E-state index contributed by atoms with van der Waals surface area (Å²) in [6, 6.07) is 16.8. The maximum Gasteiger partial charge on any atom is 0.0843 e. The SMILES string of the molecule is CCNCC(O)Cn1c2ccccc2c2ccccc21. The molecule has 1 atom stereocenters. The molecule has 2 aromatic carbocycles. The molecule has 3 nitrogen and oxygen atoms in total. The summed E-state index contributed by atoms with van der Waals surface area (Å²) in [5.41, 5.74) is 2.37. The first-order valence-corrected chi connectivity index (χ1v) is 7.16. The normalized spacial score (nSPS) is 13.1. The number of fused-ring (bicyclic) bond motifs is 3. The van der Waals surface area contributed by atoms with Crippen molar-refractivity contribution in [3.8, 4) is 0 Å². The van der Waals surface area contributed by atoms with Crippen LogP contribution in [0.15, 0.2) is 48.5 Å². The van der Waals surface area contributed by atoms with Crippen molar-refractivity contribution in [2.45, 2.75) is 19.6 Å². The summed E-state index contributed by atoms with van der Waals surface area (Å²) in [5, 5.41) is 15.9. The molecule has 0 aliphatic rings. The van der Waals surface area contributed by atoms with Gasteiger partial charge in [-0.05, 0) is 18.7 Å². The Morgan fingerprint density at radius 3 is 2.10 bits per heavy atom. The molecule has 0 saturated carbocycles. The lowest BCUT2D eigenvalue weighted by Crippen LogP contribution is -2.30. The van der Waals surface area contributed by atoms with E-state index >= 15 is 0 Å². The highest BCUT2D eigenvalue weighted by Crippen LogP contribution is 2.28. The van der Waals surface area contributed by atoms with E-state index in [4.69, 9.17) is 0 Å². The second-order valence-electron chi connectivity index (χ2n) is 5.11. The van der Waals surface area contributed by atoms with Gasteiger partial charge in [-0.2, -0.15) is 0 Å². The molecule has 3 rings (SSSR count). The summed E-state index contributed by atoms with van der Waals surface area (Å²) in [6.45, 7) is 4.16. The highest BCUT2D eigenvalue weighted by molar-refractivity contribution is 6.07. The molecule has 1 aromatic heterocycles. The van der Waals surface area contributed by atoms with Crippen LogP contribution in [0.1, 0.15) is 6.92 Å². The first-order chi connectivity index (χ1) is 9.81. The molecular formula is C17H20N2O. The van der Waals surface area contributed by atoms with Crippen molar-refractivity contribution >= 4 is 21.8 Å². The minimum absolute atomic E-state index is 0.380. The predicted molar refractivity (Wildman–Crippen MR) is 84.0 cm³/mol. The zero-order valence-corrected chi connectivity index (χ0v) is 11.7. The van der Waals surface area contributed by atoms with Crippen molar-refractivity contribution in [2.24, 2.45) is 0 Å². The maximum absolute atomic E-state index is 10.2. The summed E-state index contributed by atoms with van der Waals surface area (Å²) in [4.78, 5) is 0. The molecule has 0 spiro atoms. The monoisotopic (exact) mass is 268 g/mol. The van der Waals surface area contributed by atoms with Gasteiger partial charge in [0.1, 0.15) is 0 Å². The quantitative estimate of drug-likeness (QED) is 0.746. The zero-order valence-electron chi connectivity index (χ0n) is 11.7. The van der Waals surface area contributed by atoms with Crippen molar-refractivity contribution in [3.05, 3.63) is 48.5 Å². The number of hydrogen-bond donors (Lipinski definition) is 2. The largest absolute Gasteiger partial charge is 0.390 e. The second kappa shape index (κ2) is 5.65. The fourth-order valence-electron chi connectivity index (χ4n) is 2.79. The number of rotatable bonds is 5. The van der Waals surface area contributed by atoms with Gasteiger partial charge in [0.25, 0.3) is 0 Å². The van der Waals surface area contributed by atoms with Crippen LogP contribution >= 0.6 is 0 Å². The molecule has 0 aliphatic heterocycles. The van der Waals surface area contributed by atoms with Gasteiger partial charge < -0.3 is 15.0 Å². The van der Waals surface area contributed by atoms with E-state index in [0.717, 1.165) is 6.54 Å². The molecule has 104 valence electrons. The van der Waals surface area contributed by atoms with Crippen LogP contribution in [0.5, 0.6) is 0 Å². The Bertz CT molecular complexity index is 664. The van der Waals surface area contributed by atoms with E-state index in [1.165, 1.54) is 21.8 Å². The first-order valence-electron chi connectivity index (χ1n) is 7.16. The number of nitrogens with zero attached hydrogens (tertiary/aromatic N) is 1. The van der Waals surface area contributed by atoms with Crippen molar-refractivity contribution in [2.75, 3.05) is 13.1 Å². The number of nitrogens with one attached hydrogen (secondary N) is 1. The number of para-hydroxylation sites is 2. The second-order valence-corrected chi connectivity index (χ2v) is 5.11. The third kappa shape index (κ3) is 2.30. The molecule has 0 radical (unpaired) electrons. The third-order valence-corrected chi connectivity index (χ3v) is 3.70. The van der Waals surface area contributed by atoms with Gasteiger partial charge in [0, 0.05) is 28.4 Å². The Balaban J connectivity index is 2.07. The van der Waals surface area contributed by atoms with Crippen molar-refractivity contribution in [1.82, 2.24) is 9.88 Å². The van der Waals surface area contributed by atoms with E-state index in [1.807, 2.05) is 19.1 Å². The number of aromatic nitrogens is 1. The number of benzene rings is 2. The molecule has 3 heteroatoms. The van der Waals surface area contributed by atoms with E-state index < -0.39 is 0 Å². The number of aliphatic hydroxyl groups excluding tert-OH is 1. The van der Waals surface area contributed by atoms with Crippen LogP contribution in [0.2, 0.25) is 0 Å². The Kier molecular flexibility index (Phi) is 3.72. The van der Waals surface area contributed by atoms with Gasteiger partial charge in [-0.1, -0.05) is 43.3 Å². The lowest BCUT2D eigenvalue weighted by Gasteiger charge is -2.14. The lowest BCUT2D eigenvalue weighted by molar-refractivity contribution is 0.155. The predicted octanol–water partition coefficient (Wildman–Crippen LogP) is 2.76. The van der Waals surface area contributed by atoms with Gasteiger partial charge in [-0.25, -0.2) is 0 Å². The van der Waals surface area contributed by atoms with Crippen LogP contribution in [-0.4, -0.2) is 28.9 Å². The number of aliphatic hydroxyl groups is 1. The topological polar surface area (TPSA) is 37.2 Å². The smallest absolute Gasteiger partial charge is 0.0843 e. The van der Waals surface area contributed by atoms with Crippen LogP contribution in [0, 0.1) is 0 Å². The number of hydrogen-bond acceptors (Lipinski definition) is 2. The molecule has 0 amide bonds. The Labute approximate surface area is 118 Å².